The van der Waals surface area contributed by atoms with E-state index in [1.165, 1.54) is 56.0 Å². The number of methoxy groups -OCH3 is 1. The van der Waals surface area contributed by atoms with Crippen LogP contribution in [0.15, 0.2) is 72.9 Å². The summed E-state index contributed by atoms with van der Waals surface area (Å²) in [4.78, 5) is 4.36. The van der Waals surface area contributed by atoms with Gasteiger partial charge in [0.1, 0.15) is 11.4 Å². The molecule has 0 aliphatic rings. The van der Waals surface area contributed by atoms with Crippen LogP contribution in [0, 0.1) is 5.82 Å². The maximum atomic E-state index is 14.7. The maximum absolute atomic E-state index is 14.7. The van der Waals surface area contributed by atoms with E-state index in [4.69, 9.17) is 4.74 Å². The Morgan fingerprint density at radius 1 is 0.882 bits per heavy atom. The predicted molar refractivity (Wildman–Crippen MR) is 121 cm³/mol. The summed E-state index contributed by atoms with van der Waals surface area (Å²) in [7, 11) is 1.38. The third kappa shape index (κ3) is 4.41. The van der Waals surface area contributed by atoms with Crippen molar-refractivity contribution in [1.82, 2.24) is 9.55 Å². The number of aliphatic hydroxyl groups is 1. The number of halogens is 4. The first kappa shape index (κ1) is 23.5. The van der Waals surface area contributed by atoms with E-state index in [1.807, 2.05) is 0 Å². The van der Waals surface area contributed by atoms with Gasteiger partial charge in [0.2, 0.25) is 0 Å². The molecule has 1 N–H and O–H groups in total. The lowest BCUT2D eigenvalue weighted by Gasteiger charge is -2.14. The molecule has 8 heteroatoms. The predicted octanol–water partition coefficient (Wildman–Crippen LogP) is 6.60. The Hall–Kier alpha value is -3.65. The lowest BCUT2D eigenvalue weighted by molar-refractivity contribution is -0.137. The van der Waals surface area contributed by atoms with Crippen LogP contribution < -0.4 is 4.74 Å². The fourth-order valence-corrected chi connectivity index (χ4v) is 3.68. The first-order valence-corrected chi connectivity index (χ1v) is 10.4. The van der Waals surface area contributed by atoms with Crippen molar-refractivity contribution >= 4 is 0 Å². The Balaban J connectivity index is 1.86. The van der Waals surface area contributed by atoms with Crippen molar-refractivity contribution in [2.75, 3.05) is 7.11 Å². The molecule has 0 unspecified atom stereocenters. The summed E-state index contributed by atoms with van der Waals surface area (Å²) in [5, 5.41) is 10.5. The van der Waals surface area contributed by atoms with E-state index >= 15 is 0 Å². The molecule has 176 valence electrons. The molecule has 0 aliphatic heterocycles. The van der Waals surface area contributed by atoms with Gasteiger partial charge in [-0.05, 0) is 43.7 Å². The topological polar surface area (TPSA) is 47.3 Å². The van der Waals surface area contributed by atoms with Crippen molar-refractivity contribution < 1.29 is 27.4 Å². The number of imidazole rings is 1. The van der Waals surface area contributed by atoms with Gasteiger partial charge in [-0.3, -0.25) is 4.57 Å². The SMILES string of the molecule is COc1cccc(-c2ccc(-n3cc(C(C)(C)O)nc3-c3ccccc3C(F)(F)F)cc2)c1F. The van der Waals surface area contributed by atoms with Crippen LogP contribution in [-0.4, -0.2) is 21.8 Å². The van der Waals surface area contributed by atoms with Crippen molar-refractivity contribution in [3.8, 4) is 34.0 Å². The van der Waals surface area contributed by atoms with Gasteiger partial charge in [0.05, 0.1) is 18.4 Å². The van der Waals surface area contributed by atoms with Gasteiger partial charge in [-0.1, -0.05) is 42.5 Å². The van der Waals surface area contributed by atoms with Crippen LogP contribution in [0.2, 0.25) is 0 Å². The summed E-state index contributed by atoms with van der Waals surface area (Å²) in [5.41, 5.74) is -0.717. The van der Waals surface area contributed by atoms with E-state index in [2.05, 4.69) is 4.98 Å². The molecule has 0 atom stereocenters. The molecular weight excluding hydrogens is 448 g/mol. The highest BCUT2D eigenvalue weighted by molar-refractivity contribution is 5.69. The monoisotopic (exact) mass is 470 g/mol. The molecule has 4 nitrogen and oxygen atoms in total. The van der Waals surface area contributed by atoms with Crippen LogP contribution in [0.25, 0.3) is 28.2 Å². The molecule has 0 saturated heterocycles. The Labute approximate surface area is 194 Å². The first-order chi connectivity index (χ1) is 16.0. The third-order valence-corrected chi connectivity index (χ3v) is 5.45. The van der Waals surface area contributed by atoms with E-state index < -0.39 is 23.2 Å². The number of aromatic nitrogens is 2. The number of hydrogen-bond acceptors (Lipinski definition) is 3. The molecule has 0 aliphatic carbocycles. The molecule has 4 aromatic rings. The highest BCUT2D eigenvalue weighted by atomic mass is 19.4. The van der Waals surface area contributed by atoms with Crippen LogP contribution in [0.4, 0.5) is 17.6 Å². The van der Waals surface area contributed by atoms with Crippen LogP contribution in [0.5, 0.6) is 5.75 Å². The molecule has 1 aromatic heterocycles. The lowest BCUT2D eigenvalue weighted by Crippen LogP contribution is -2.15. The standard InChI is InChI=1S/C26H22F4N2O2/c1-25(2,33)22-15-32(24(31-22)19-7-4-5-9-20(19)26(28,29)30)17-13-11-16(12-14-17)18-8-6-10-21(34-3)23(18)27/h4-15,33H,1-3H3. The zero-order valence-electron chi connectivity index (χ0n) is 18.7. The smallest absolute Gasteiger partial charge is 0.417 e. The average molecular weight is 470 g/mol. The number of hydrogen-bond donors (Lipinski definition) is 1. The number of benzene rings is 3. The zero-order chi connectivity index (χ0) is 24.7. The average Bonchev–Trinajstić information content (AvgIpc) is 3.25. The van der Waals surface area contributed by atoms with Crippen LogP contribution in [-0.2, 0) is 11.8 Å². The molecule has 1 heterocycles. The minimum Gasteiger partial charge on any atom is -0.494 e. The third-order valence-electron chi connectivity index (χ3n) is 5.45. The fourth-order valence-electron chi connectivity index (χ4n) is 3.68. The van der Waals surface area contributed by atoms with Gasteiger partial charge in [0.15, 0.2) is 11.6 Å². The van der Waals surface area contributed by atoms with Gasteiger partial charge in [0.25, 0.3) is 0 Å². The zero-order valence-corrected chi connectivity index (χ0v) is 18.7. The van der Waals surface area contributed by atoms with Gasteiger partial charge >= 0.3 is 6.18 Å². The second kappa shape index (κ2) is 8.61. The van der Waals surface area contributed by atoms with E-state index in [0.29, 0.717) is 16.8 Å². The van der Waals surface area contributed by atoms with E-state index in [0.717, 1.165) is 6.07 Å². The maximum Gasteiger partial charge on any atom is 0.417 e. The molecule has 0 fully saturated rings. The molecule has 34 heavy (non-hydrogen) atoms. The van der Waals surface area contributed by atoms with E-state index in [-0.39, 0.29) is 22.8 Å². The van der Waals surface area contributed by atoms with E-state index in [9.17, 15) is 22.7 Å². The Bertz CT molecular complexity index is 1320. The minimum atomic E-state index is -4.59. The highest BCUT2D eigenvalue weighted by Gasteiger charge is 2.35. The Kier molecular flexibility index (Phi) is 5.95. The summed E-state index contributed by atoms with van der Waals surface area (Å²) in [6.45, 7) is 3.02. The molecule has 0 spiro atoms. The summed E-state index contributed by atoms with van der Waals surface area (Å²) in [6.07, 6.45) is -3.08. The first-order valence-electron chi connectivity index (χ1n) is 10.4. The van der Waals surface area contributed by atoms with Gasteiger partial charge in [-0.15, -0.1) is 0 Å². The van der Waals surface area contributed by atoms with Crippen molar-refractivity contribution in [3.05, 3.63) is 90.0 Å². The number of rotatable bonds is 5. The minimum absolute atomic E-state index is 0.0327. The molecule has 0 saturated carbocycles. The van der Waals surface area contributed by atoms with E-state index in [1.54, 1.807) is 36.4 Å². The van der Waals surface area contributed by atoms with Crippen LogP contribution in [0.1, 0.15) is 25.1 Å². The second-order valence-electron chi connectivity index (χ2n) is 8.29. The van der Waals surface area contributed by atoms with Gasteiger partial charge in [-0.2, -0.15) is 13.2 Å². The Morgan fingerprint density at radius 3 is 2.15 bits per heavy atom. The summed E-state index contributed by atoms with van der Waals surface area (Å²) < 4.78 is 62.4. The van der Waals surface area contributed by atoms with Gasteiger partial charge in [0, 0.05) is 23.0 Å². The molecule has 0 bridgehead atoms. The highest BCUT2D eigenvalue weighted by Crippen LogP contribution is 2.38. The van der Waals surface area contributed by atoms with Crippen molar-refractivity contribution in [1.29, 1.82) is 0 Å². The number of nitrogens with zero attached hydrogens (tertiary/aromatic N) is 2. The molecular formula is C26H22F4N2O2. The molecule has 0 radical (unpaired) electrons. The lowest BCUT2D eigenvalue weighted by atomic mass is 10.0. The fraction of sp³-hybridized carbons (Fsp3) is 0.192. The van der Waals surface area contributed by atoms with Crippen molar-refractivity contribution in [2.45, 2.75) is 25.6 Å². The van der Waals surface area contributed by atoms with Crippen LogP contribution in [0.3, 0.4) is 0 Å². The molecule has 0 amide bonds. The summed E-state index contributed by atoms with van der Waals surface area (Å²) in [5.74, 6) is -0.369. The summed E-state index contributed by atoms with van der Waals surface area (Å²) >= 11 is 0. The van der Waals surface area contributed by atoms with Gasteiger partial charge in [-0.25, -0.2) is 9.37 Å². The quantitative estimate of drug-likeness (QED) is 0.334. The van der Waals surface area contributed by atoms with Crippen molar-refractivity contribution in [3.63, 3.8) is 0 Å². The number of ether oxygens (including phenoxy) is 1. The largest absolute Gasteiger partial charge is 0.494 e. The molecule has 4 rings (SSSR count). The summed E-state index contributed by atoms with van der Waals surface area (Å²) in [6, 6.07) is 16.6. The van der Waals surface area contributed by atoms with Crippen molar-refractivity contribution in [2.24, 2.45) is 0 Å². The molecule has 3 aromatic carbocycles. The normalized spacial score (nSPS) is 12.1. The second-order valence-corrected chi connectivity index (χ2v) is 8.29. The number of alkyl halides is 3. The van der Waals surface area contributed by atoms with Crippen LogP contribution >= 0.6 is 0 Å². The van der Waals surface area contributed by atoms with Gasteiger partial charge < -0.3 is 9.84 Å². The Morgan fingerprint density at radius 2 is 1.53 bits per heavy atom.